The number of carbonyl (C=O) groups is 2. The Kier molecular flexibility index (Phi) is 17.9. The van der Waals surface area contributed by atoms with Gasteiger partial charge in [0, 0.05) is 12.8 Å². The lowest BCUT2D eigenvalue weighted by Crippen LogP contribution is -2.37. The summed E-state index contributed by atoms with van der Waals surface area (Å²) in [5.41, 5.74) is 0. The number of carbonyl (C=O) groups excluding carboxylic acids is 1. The quantitative estimate of drug-likeness (QED) is 0.284. The SMILES string of the molecule is CCCCCCCCCCCCCCC(CO)NC(=O)CCCC(=O)O. The Morgan fingerprint density at radius 1 is 0.769 bits per heavy atom. The van der Waals surface area contributed by atoms with Gasteiger partial charge in [-0.3, -0.25) is 9.59 Å². The number of aliphatic hydroxyl groups is 1. The molecule has 0 aliphatic heterocycles. The summed E-state index contributed by atoms with van der Waals surface area (Å²) in [6, 6.07) is -0.199. The summed E-state index contributed by atoms with van der Waals surface area (Å²) in [5, 5.41) is 20.7. The zero-order chi connectivity index (χ0) is 19.5. The lowest BCUT2D eigenvalue weighted by Gasteiger charge is -2.16. The average molecular weight is 372 g/mol. The second-order valence-electron chi connectivity index (χ2n) is 7.37. The molecule has 0 saturated carbocycles. The van der Waals surface area contributed by atoms with Gasteiger partial charge in [0.25, 0.3) is 0 Å². The van der Waals surface area contributed by atoms with Crippen molar-refractivity contribution in [2.45, 2.75) is 116 Å². The summed E-state index contributed by atoms with van der Waals surface area (Å²) in [6.45, 7) is 2.20. The van der Waals surface area contributed by atoms with E-state index in [0.717, 1.165) is 19.3 Å². The molecule has 0 aliphatic rings. The van der Waals surface area contributed by atoms with Crippen LogP contribution in [0.3, 0.4) is 0 Å². The lowest BCUT2D eigenvalue weighted by molar-refractivity contribution is -0.137. The summed E-state index contributed by atoms with van der Waals surface area (Å²) >= 11 is 0. The molecule has 3 N–H and O–H groups in total. The number of rotatable bonds is 19. The number of carboxylic acids is 1. The first kappa shape index (κ1) is 24.9. The minimum Gasteiger partial charge on any atom is -0.481 e. The maximum Gasteiger partial charge on any atom is 0.303 e. The predicted octanol–water partition coefficient (Wildman–Crippen LogP) is 4.81. The fraction of sp³-hybridized carbons (Fsp3) is 0.905. The van der Waals surface area contributed by atoms with Crippen molar-refractivity contribution in [2.75, 3.05) is 6.61 Å². The third-order valence-electron chi connectivity index (χ3n) is 4.79. The third-order valence-corrected chi connectivity index (χ3v) is 4.79. The monoisotopic (exact) mass is 371 g/mol. The van der Waals surface area contributed by atoms with E-state index in [1.54, 1.807) is 0 Å². The van der Waals surface area contributed by atoms with Gasteiger partial charge in [-0.2, -0.15) is 0 Å². The molecular formula is C21H41NO4. The molecule has 0 radical (unpaired) electrons. The first-order valence-corrected chi connectivity index (χ1v) is 10.7. The zero-order valence-corrected chi connectivity index (χ0v) is 16.8. The molecule has 5 nitrogen and oxygen atoms in total. The molecule has 0 rings (SSSR count). The molecule has 0 spiro atoms. The molecule has 0 aromatic heterocycles. The van der Waals surface area contributed by atoms with E-state index in [-0.39, 0.29) is 31.4 Å². The van der Waals surface area contributed by atoms with Crippen LogP contribution in [0.2, 0.25) is 0 Å². The van der Waals surface area contributed by atoms with Crippen molar-refractivity contribution in [2.24, 2.45) is 0 Å². The Morgan fingerprint density at radius 3 is 1.73 bits per heavy atom. The Labute approximate surface area is 159 Å². The first-order valence-electron chi connectivity index (χ1n) is 10.7. The molecule has 1 amide bonds. The highest BCUT2D eigenvalue weighted by molar-refractivity contribution is 5.77. The van der Waals surface area contributed by atoms with Crippen LogP contribution in [0.15, 0.2) is 0 Å². The van der Waals surface area contributed by atoms with Gasteiger partial charge < -0.3 is 15.5 Å². The molecule has 154 valence electrons. The summed E-state index contributed by atoms with van der Waals surface area (Å²) in [4.78, 5) is 22.1. The van der Waals surface area contributed by atoms with E-state index < -0.39 is 5.97 Å². The van der Waals surface area contributed by atoms with E-state index in [0.29, 0.717) is 6.42 Å². The van der Waals surface area contributed by atoms with Crippen LogP contribution >= 0.6 is 0 Å². The van der Waals surface area contributed by atoms with Gasteiger partial charge in [-0.1, -0.05) is 84.0 Å². The van der Waals surface area contributed by atoms with Crippen molar-refractivity contribution < 1.29 is 19.8 Å². The van der Waals surface area contributed by atoms with Crippen molar-refractivity contribution in [1.82, 2.24) is 5.32 Å². The topological polar surface area (TPSA) is 86.6 Å². The normalized spacial score (nSPS) is 12.1. The van der Waals surface area contributed by atoms with E-state index in [9.17, 15) is 14.7 Å². The fourth-order valence-corrected chi connectivity index (χ4v) is 3.14. The predicted molar refractivity (Wildman–Crippen MR) is 106 cm³/mol. The molecule has 0 bridgehead atoms. The molecule has 1 unspecified atom stereocenters. The molecular weight excluding hydrogens is 330 g/mol. The Balaban J connectivity index is 3.45. The average Bonchev–Trinajstić information content (AvgIpc) is 2.61. The molecule has 1 atom stereocenters. The van der Waals surface area contributed by atoms with Crippen molar-refractivity contribution >= 4 is 11.9 Å². The van der Waals surface area contributed by atoms with Gasteiger partial charge in [-0.15, -0.1) is 0 Å². The van der Waals surface area contributed by atoms with Crippen molar-refractivity contribution in [3.63, 3.8) is 0 Å². The van der Waals surface area contributed by atoms with Crippen LogP contribution in [0, 0.1) is 0 Å². The van der Waals surface area contributed by atoms with Gasteiger partial charge in [0.2, 0.25) is 5.91 Å². The molecule has 0 aromatic carbocycles. The smallest absolute Gasteiger partial charge is 0.303 e. The Bertz CT molecular complexity index is 347. The van der Waals surface area contributed by atoms with Gasteiger partial charge in [0.1, 0.15) is 0 Å². The van der Waals surface area contributed by atoms with Crippen LogP contribution in [0.5, 0.6) is 0 Å². The number of unbranched alkanes of at least 4 members (excludes halogenated alkanes) is 11. The third kappa shape index (κ3) is 17.7. The molecule has 0 fully saturated rings. The Morgan fingerprint density at radius 2 is 1.27 bits per heavy atom. The molecule has 5 heteroatoms. The number of hydrogen-bond donors (Lipinski definition) is 3. The van der Waals surface area contributed by atoms with Crippen LogP contribution in [0.4, 0.5) is 0 Å². The van der Waals surface area contributed by atoms with Crippen molar-refractivity contribution in [3.8, 4) is 0 Å². The van der Waals surface area contributed by atoms with Gasteiger partial charge >= 0.3 is 5.97 Å². The van der Waals surface area contributed by atoms with Crippen LogP contribution in [-0.4, -0.2) is 34.7 Å². The summed E-state index contributed by atoms with van der Waals surface area (Å²) in [5.74, 6) is -1.04. The Hall–Kier alpha value is -1.10. The number of aliphatic hydroxyl groups excluding tert-OH is 1. The molecule has 0 aromatic rings. The standard InChI is InChI=1S/C21H41NO4/c1-2-3-4-5-6-7-8-9-10-11-12-13-15-19(18-23)22-20(24)16-14-17-21(25)26/h19,23H,2-18H2,1H3,(H,22,24)(H,25,26). The van der Waals surface area contributed by atoms with Gasteiger partial charge in [-0.25, -0.2) is 0 Å². The van der Waals surface area contributed by atoms with E-state index in [4.69, 9.17) is 5.11 Å². The lowest BCUT2D eigenvalue weighted by atomic mass is 10.0. The summed E-state index contributed by atoms with van der Waals surface area (Å²) in [6.07, 6.45) is 16.9. The van der Waals surface area contributed by atoms with Gasteiger partial charge in [0.15, 0.2) is 0 Å². The molecule has 26 heavy (non-hydrogen) atoms. The molecule has 0 saturated heterocycles. The number of hydrogen-bond acceptors (Lipinski definition) is 3. The summed E-state index contributed by atoms with van der Waals surface area (Å²) in [7, 11) is 0. The number of aliphatic carboxylic acids is 1. The van der Waals surface area contributed by atoms with Gasteiger partial charge in [-0.05, 0) is 12.8 Å². The minimum absolute atomic E-state index is 0.00987. The van der Waals surface area contributed by atoms with E-state index in [2.05, 4.69) is 12.2 Å². The van der Waals surface area contributed by atoms with E-state index >= 15 is 0 Å². The zero-order valence-electron chi connectivity index (χ0n) is 16.8. The molecule has 0 heterocycles. The highest BCUT2D eigenvalue weighted by Gasteiger charge is 2.11. The minimum atomic E-state index is -0.881. The van der Waals surface area contributed by atoms with Crippen LogP contribution < -0.4 is 5.32 Å². The number of nitrogens with one attached hydrogen (secondary N) is 1. The largest absolute Gasteiger partial charge is 0.481 e. The first-order chi connectivity index (χ1) is 12.6. The number of carboxylic acid groups (broad SMARTS) is 1. The highest BCUT2D eigenvalue weighted by atomic mass is 16.4. The van der Waals surface area contributed by atoms with Crippen molar-refractivity contribution in [3.05, 3.63) is 0 Å². The van der Waals surface area contributed by atoms with E-state index in [1.165, 1.54) is 64.2 Å². The van der Waals surface area contributed by atoms with Crippen LogP contribution in [0.25, 0.3) is 0 Å². The van der Waals surface area contributed by atoms with Crippen molar-refractivity contribution in [1.29, 1.82) is 0 Å². The van der Waals surface area contributed by atoms with E-state index in [1.807, 2.05) is 0 Å². The second kappa shape index (κ2) is 18.7. The van der Waals surface area contributed by atoms with Gasteiger partial charge in [0.05, 0.1) is 12.6 Å². The summed E-state index contributed by atoms with van der Waals surface area (Å²) < 4.78 is 0. The maximum atomic E-state index is 11.7. The number of amides is 1. The van der Waals surface area contributed by atoms with Crippen LogP contribution in [-0.2, 0) is 9.59 Å². The highest BCUT2D eigenvalue weighted by Crippen LogP contribution is 2.13. The second-order valence-corrected chi connectivity index (χ2v) is 7.37. The molecule has 0 aliphatic carbocycles. The maximum absolute atomic E-state index is 11.7. The fourth-order valence-electron chi connectivity index (χ4n) is 3.14. The van der Waals surface area contributed by atoms with Crippen LogP contribution in [0.1, 0.15) is 110 Å².